The van der Waals surface area contributed by atoms with Crippen molar-refractivity contribution in [2.24, 2.45) is 11.7 Å². The highest BCUT2D eigenvalue weighted by molar-refractivity contribution is 8.24. The van der Waals surface area contributed by atoms with Crippen molar-refractivity contribution < 1.29 is 18.3 Å². The van der Waals surface area contributed by atoms with Gasteiger partial charge in [-0.1, -0.05) is 0 Å². The van der Waals surface area contributed by atoms with Crippen LogP contribution < -0.4 is 11.1 Å². The first kappa shape index (κ1) is 18.2. The largest absolute Gasteiger partial charge is 0.365 e. The number of nitriles is 1. The van der Waals surface area contributed by atoms with Crippen LogP contribution in [0.25, 0.3) is 0 Å². The van der Waals surface area contributed by atoms with E-state index in [0.29, 0.717) is 12.1 Å². The summed E-state index contributed by atoms with van der Waals surface area (Å²) in [5.74, 6) is -1.40. The van der Waals surface area contributed by atoms with E-state index < -0.39 is 34.3 Å². The molecule has 2 aromatic rings. The minimum atomic E-state index is -2.76. The fourth-order valence-corrected chi connectivity index (χ4v) is 4.59. The molecule has 1 fully saturated rings. The summed E-state index contributed by atoms with van der Waals surface area (Å²) in [6.45, 7) is 0. The molecule has 5 N–H and O–H groups in total. The molecule has 1 amide bonds. The Morgan fingerprint density at radius 2 is 2.12 bits per heavy atom. The number of nitrogens with one attached hydrogen (secondary N) is 1. The normalized spacial score (nSPS) is 23.0. The van der Waals surface area contributed by atoms with Crippen LogP contribution in [0.1, 0.15) is 22.8 Å². The lowest BCUT2D eigenvalue weighted by atomic mass is 10.0. The van der Waals surface area contributed by atoms with Gasteiger partial charge in [-0.15, -0.1) is 0 Å². The smallest absolute Gasteiger partial charge is 0.254 e. The lowest BCUT2D eigenvalue weighted by Gasteiger charge is -2.41. The summed E-state index contributed by atoms with van der Waals surface area (Å²) < 4.78 is 34.2. The highest BCUT2D eigenvalue weighted by atomic mass is 32.3. The molecule has 0 spiro atoms. The van der Waals surface area contributed by atoms with Crippen molar-refractivity contribution in [1.82, 2.24) is 9.78 Å². The average Bonchev–Trinajstić information content (AvgIpc) is 3.00. The van der Waals surface area contributed by atoms with Crippen molar-refractivity contribution >= 4 is 28.0 Å². The zero-order valence-corrected chi connectivity index (χ0v) is 14.5. The van der Waals surface area contributed by atoms with Crippen LogP contribution in [0.5, 0.6) is 0 Å². The summed E-state index contributed by atoms with van der Waals surface area (Å²) in [6.07, 6.45) is 1.79. The predicted octanol–water partition coefficient (Wildman–Crippen LogP) is 2.70. The predicted molar refractivity (Wildman–Crippen MR) is 95.8 cm³/mol. The summed E-state index contributed by atoms with van der Waals surface area (Å²) in [5, 5.41) is 16.6. The van der Waals surface area contributed by atoms with Gasteiger partial charge in [-0.3, -0.25) is 18.6 Å². The first-order chi connectivity index (χ1) is 12.3. The van der Waals surface area contributed by atoms with E-state index in [2.05, 4.69) is 16.5 Å². The molecule has 1 aliphatic heterocycles. The number of carbonyl (C=O) groups excluding carboxylic acids is 1. The molecule has 0 bridgehead atoms. The van der Waals surface area contributed by atoms with Gasteiger partial charge >= 0.3 is 0 Å². The lowest BCUT2D eigenvalue weighted by molar-refractivity contribution is 0.100. The topological polar surface area (TPSA) is 137 Å². The number of nitrogens with two attached hydrogens (primary N) is 1. The molecule has 0 saturated carbocycles. The Labute approximate surface area is 150 Å². The van der Waals surface area contributed by atoms with Crippen LogP contribution in [0, 0.1) is 23.1 Å². The van der Waals surface area contributed by atoms with E-state index in [9.17, 15) is 23.6 Å². The van der Waals surface area contributed by atoms with Gasteiger partial charge in [0.1, 0.15) is 11.4 Å². The van der Waals surface area contributed by atoms with E-state index in [0.717, 1.165) is 0 Å². The maximum Gasteiger partial charge on any atom is 0.254 e. The van der Waals surface area contributed by atoms with Crippen LogP contribution in [0.15, 0.2) is 30.5 Å². The van der Waals surface area contributed by atoms with Crippen molar-refractivity contribution in [2.75, 3.05) is 16.8 Å². The first-order valence-electron chi connectivity index (χ1n) is 7.84. The van der Waals surface area contributed by atoms with E-state index >= 15 is 0 Å². The highest BCUT2D eigenvalue weighted by Crippen LogP contribution is 2.49. The number of aromatic nitrogens is 2. The molecule has 138 valence electrons. The zero-order chi connectivity index (χ0) is 18.9. The molecule has 0 radical (unpaired) electrons. The Morgan fingerprint density at radius 1 is 1.42 bits per heavy atom. The number of halogens is 1. The van der Waals surface area contributed by atoms with Gasteiger partial charge in [0.25, 0.3) is 5.91 Å². The van der Waals surface area contributed by atoms with Gasteiger partial charge in [0.2, 0.25) is 0 Å². The van der Waals surface area contributed by atoms with Crippen molar-refractivity contribution in [3.8, 4) is 6.07 Å². The number of anilines is 2. The minimum Gasteiger partial charge on any atom is -0.365 e. The Balaban J connectivity index is 1.91. The van der Waals surface area contributed by atoms with E-state index in [1.54, 1.807) is 0 Å². The third-order valence-corrected chi connectivity index (χ3v) is 6.04. The number of hydrogen-bond donors (Lipinski definition) is 4. The van der Waals surface area contributed by atoms with Gasteiger partial charge in [0.05, 0.1) is 23.8 Å². The molecule has 3 rings (SSSR count). The summed E-state index contributed by atoms with van der Waals surface area (Å²) in [5.41, 5.74) is 6.06. The highest BCUT2D eigenvalue weighted by Gasteiger charge is 2.35. The first-order valence-corrected chi connectivity index (χ1v) is 9.72. The fourth-order valence-electron chi connectivity index (χ4n) is 2.94. The molecule has 2 unspecified atom stereocenters. The third-order valence-electron chi connectivity index (χ3n) is 4.26. The van der Waals surface area contributed by atoms with Crippen LogP contribution in [-0.2, 0) is 0 Å². The Bertz CT molecular complexity index is 862. The maximum absolute atomic E-state index is 13.0. The monoisotopic (exact) mass is 379 g/mol. The van der Waals surface area contributed by atoms with Gasteiger partial charge in [-0.05, 0) is 30.7 Å². The molecule has 2 heterocycles. The molecule has 26 heavy (non-hydrogen) atoms. The standard InChI is InChI=1S/C16H18FN5O3S/c17-11-1-3-12(4-2-11)20-16-13(15(19)23)8-22(21-16)14-5-6-26(24,25)9-10(14)7-18/h1-4,8,10,14,24-25H,5-6,9H2,(H2,19,23)(H,20,21). The summed E-state index contributed by atoms with van der Waals surface area (Å²) >= 11 is 0. The summed E-state index contributed by atoms with van der Waals surface area (Å²) in [4.78, 5) is 11.7. The number of primary amides is 1. The quantitative estimate of drug-likeness (QED) is 0.644. The Hall–Kier alpha value is -2.61. The van der Waals surface area contributed by atoms with Gasteiger partial charge in [0, 0.05) is 17.6 Å². The van der Waals surface area contributed by atoms with Gasteiger partial charge < -0.3 is 11.1 Å². The molecule has 0 aliphatic carbocycles. The molecule has 1 aliphatic rings. The van der Waals surface area contributed by atoms with E-state index in [1.807, 2.05) is 0 Å². The van der Waals surface area contributed by atoms with Gasteiger partial charge in [-0.2, -0.15) is 21.0 Å². The fraction of sp³-hybridized carbons (Fsp3) is 0.312. The molecule has 1 saturated heterocycles. The van der Waals surface area contributed by atoms with Crippen molar-refractivity contribution in [1.29, 1.82) is 5.26 Å². The average molecular weight is 379 g/mol. The molecular formula is C16H18FN5O3S. The van der Waals surface area contributed by atoms with Crippen molar-refractivity contribution in [3.05, 3.63) is 41.8 Å². The second-order valence-corrected chi connectivity index (χ2v) is 8.48. The van der Waals surface area contributed by atoms with E-state index in [1.165, 1.54) is 35.1 Å². The summed E-state index contributed by atoms with van der Waals surface area (Å²) in [6, 6.07) is 7.20. The number of benzene rings is 1. The van der Waals surface area contributed by atoms with Crippen molar-refractivity contribution in [3.63, 3.8) is 0 Å². The van der Waals surface area contributed by atoms with Crippen molar-refractivity contribution in [2.45, 2.75) is 12.5 Å². The number of amides is 1. The Kier molecular flexibility index (Phi) is 4.86. The molecule has 10 heteroatoms. The van der Waals surface area contributed by atoms with Gasteiger partial charge in [-0.25, -0.2) is 4.39 Å². The van der Waals surface area contributed by atoms with E-state index in [4.69, 9.17) is 5.73 Å². The van der Waals surface area contributed by atoms with Crippen LogP contribution in [0.4, 0.5) is 15.9 Å². The second kappa shape index (κ2) is 6.95. The Morgan fingerprint density at radius 3 is 2.73 bits per heavy atom. The number of rotatable bonds is 4. The zero-order valence-electron chi connectivity index (χ0n) is 13.7. The molecule has 1 aromatic carbocycles. The number of nitrogens with zero attached hydrogens (tertiary/aromatic N) is 3. The SMILES string of the molecule is N#CC1CS(O)(O)CCC1n1cc(C(N)=O)c(Nc2ccc(F)cc2)n1. The van der Waals surface area contributed by atoms with Crippen LogP contribution in [-0.4, -0.2) is 36.3 Å². The second-order valence-electron chi connectivity index (χ2n) is 6.13. The minimum absolute atomic E-state index is 0.0271. The third kappa shape index (κ3) is 3.80. The molecule has 2 atom stereocenters. The van der Waals surface area contributed by atoms with E-state index in [-0.39, 0.29) is 22.9 Å². The lowest BCUT2D eigenvalue weighted by Crippen LogP contribution is -2.31. The summed E-state index contributed by atoms with van der Waals surface area (Å²) in [7, 11) is -2.76. The van der Waals surface area contributed by atoms with Crippen LogP contribution >= 0.6 is 10.6 Å². The maximum atomic E-state index is 13.0. The van der Waals surface area contributed by atoms with Crippen LogP contribution in [0.2, 0.25) is 0 Å². The number of carbonyl (C=O) groups is 1. The molecule has 1 aromatic heterocycles. The number of hydrogen-bond acceptors (Lipinski definition) is 6. The molecule has 8 nitrogen and oxygen atoms in total. The molecular weight excluding hydrogens is 361 g/mol. The van der Waals surface area contributed by atoms with Crippen LogP contribution in [0.3, 0.4) is 0 Å². The van der Waals surface area contributed by atoms with Gasteiger partial charge in [0.15, 0.2) is 5.82 Å².